The second-order valence-corrected chi connectivity index (χ2v) is 3.08. The predicted molar refractivity (Wildman–Crippen MR) is 54.7 cm³/mol. The van der Waals surface area contributed by atoms with Crippen molar-refractivity contribution in [2.45, 2.75) is 26.7 Å². The molecular formula is C10H15N3O. The molecule has 1 aromatic heterocycles. The van der Waals surface area contributed by atoms with Gasteiger partial charge in [-0.05, 0) is 18.9 Å². The highest BCUT2D eigenvalue weighted by atomic mass is 16.2. The molecule has 4 nitrogen and oxygen atoms in total. The molecule has 76 valence electrons. The first-order valence-corrected chi connectivity index (χ1v) is 4.85. The molecule has 0 saturated heterocycles. The lowest BCUT2D eigenvalue weighted by Crippen LogP contribution is -2.22. The molecule has 1 N–H and O–H groups in total. The van der Waals surface area contributed by atoms with E-state index in [1.165, 1.54) is 0 Å². The first-order chi connectivity index (χ1) is 6.77. The minimum absolute atomic E-state index is 0.00111. The maximum Gasteiger partial charge on any atom is 0.229 e. The minimum Gasteiger partial charge on any atom is -0.294 e. The standard InChI is InChI=1S/C10H15N3O/c1-3-8(4-2)9(14)13-10-11-6-5-7-12-10/h5-8H,3-4H2,1-2H3,(H,11,12,13,14). The molecule has 0 aliphatic rings. The number of nitrogens with zero attached hydrogens (tertiary/aromatic N) is 2. The van der Waals surface area contributed by atoms with Gasteiger partial charge in [0, 0.05) is 18.3 Å². The van der Waals surface area contributed by atoms with Crippen molar-refractivity contribution >= 4 is 11.9 Å². The second kappa shape index (κ2) is 5.32. The van der Waals surface area contributed by atoms with E-state index in [1.54, 1.807) is 18.5 Å². The zero-order chi connectivity index (χ0) is 10.4. The average molecular weight is 193 g/mol. The SMILES string of the molecule is CCC(CC)C(=O)Nc1ncccn1. The topological polar surface area (TPSA) is 54.9 Å². The molecule has 0 atom stereocenters. The molecule has 0 saturated carbocycles. The van der Waals surface area contributed by atoms with Crippen LogP contribution in [0.1, 0.15) is 26.7 Å². The molecular weight excluding hydrogens is 178 g/mol. The Morgan fingerprint density at radius 1 is 1.36 bits per heavy atom. The molecule has 14 heavy (non-hydrogen) atoms. The van der Waals surface area contributed by atoms with Crippen molar-refractivity contribution in [3.8, 4) is 0 Å². The third kappa shape index (κ3) is 2.80. The molecule has 1 aromatic rings. The highest BCUT2D eigenvalue weighted by Crippen LogP contribution is 2.09. The number of nitrogens with one attached hydrogen (secondary N) is 1. The first-order valence-electron chi connectivity index (χ1n) is 4.85. The lowest BCUT2D eigenvalue weighted by Gasteiger charge is -2.10. The van der Waals surface area contributed by atoms with Crippen LogP contribution in [0.3, 0.4) is 0 Å². The normalized spacial score (nSPS) is 10.2. The monoisotopic (exact) mass is 193 g/mol. The highest BCUT2D eigenvalue weighted by molar-refractivity contribution is 5.90. The van der Waals surface area contributed by atoms with E-state index in [2.05, 4.69) is 15.3 Å². The van der Waals surface area contributed by atoms with E-state index < -0.39 is 0 Å². The molecule has 0 fully saturated rings. The third-order valence-corrected chi connectivity index (χ3v) is 2.16. The molecule has 0 unspecified atom stereocenters. The van der Waals surface area contributed by atoms with E-state index >= 15 is 0 Å². The van der Waals surface area contributed by atoms with Gasteiger partial charge in [-0.25, -0.2) is 9.97 Å². The largest absolute Gasteiger partial charge is 0.294 e. The van der Waals surface area contributed by atoms with Gasteiger partial charge in [-0.1, -0.05) is 13.8 Å². The number of aromatic nitrogens is 2. The Bertz CT molecular complexity index is 283. The van der Waals surface area contributed by atoms with E-state index in [9.17, 15) is 4.79 Å². The van der Waals surface area contributed by atoms with Crippen molar-refractivity contribution in [2.24, 2.45) is 5.92 Å². The van der Waals surface area contributed by atoms with Crippen LogP contribution in [0.2, 0.25) is 0 Å². The number of carbonyl (C=O) groups excluding carboxylic acids is 1. The van der Waals surface area contributed by atoms with Crippen LogP contribution in [0.5, 0.6) is 0 Å². The van der Waals surface area contributed by atoms with Crippen LogP contribution in [0.25, 0.3) is 0 Å². The van der Waals surface area contributed by atoms with E-state index in [0.29, 0.717) is 5.95 Å². The number of amides is 1. The zero-order valence-electron chi connectivity index (χ0n) is 8.53. The zero-order valence-corrected chi connectivity index (χ0v) is 8.53. The Labute approximate surface area is 83.8 Å². The van der Waals surface area contributed by atoms with E-state index in [0.717, 1.165) is 12.8 Å². The number of hydrogen-bond donors (Lipinski definition) is 1. The fraction of sp³-hybridized carbons (Fsp3) is 0.500. The van der Waals surface area contributed by atoms with Gasteiger partial charge in [0.2, 0.25) is 11.9 Å². The Hall–Kier alpha value is -1.45. The summed E-state index contributed by atoms with van der Waals surface area (Å²) in [6, 6.07) is 1.72. The fourth-order valence-corrected chi connectivity index (χ4v) is 1.24. The van der Waals surface area contributed by atoms with Crippen molar-refractivity contribution < 1.29 is 4.79 Å². The summed E-state index contributed by atoms with van der Waals surface area (Å²) < 4.78 is 0. The predicted octanol–water partition coefficient (Wildman–Crippen LogP) is 1.85. The lowest BCUT2D eigenvalue weighted by atomic mass is 10.0. The summed E-state index contributed by atoms with van der Waals surface area (Å²) in [5.74, 6) is 0.435. The summed E-state index contributed by atoms with van der Waals surface area (Å²) in [4.78, 5) is 19.4. The summed E-state index contributed by atoms with van der Waals surface area (Å²) >= 11 is 0. The molecule has 1 rings (SSSR count). The van der Waals surface area contributed by atoms with E-state index in [1.807, 2.05) is 13.8 Å². The summed E-state index contributed by atoms with van der Waals surface area (Å²) in [6.07, 6.45) is 4.90. The maximum absolute atomic E-state index is 11.6. The van der Waals surface area contributed by atoms with Gasteiger partial charge in [0.15, 0.2) is 0 Å². The maximum atomic E-state index is 11.6. The quantitative estimate of drug-likeness (QED) is 0.794. The van der Waals surface area contributed by atoms with Crippen LogP contribution in [-0.2, 0) is 4.79 Å². The van der Waals surface area contributed by atoms with Crippen molar-refractivity contribution in [3.05, 3.63) is 18.5 Å². The molecule has 1 amide bonds. The number of carbonyl (C=O) groups is 1. The molecule has 0 bridgehead atoms. The Morgan fingerprint density at radius 3 is 2.43 bits per heavy atom. The van der Waals surface area contributed by atoms with Crippen molar-refractivity contribution in [3.63, 3.8) is 0 Å². The minimum atomic E-state index is 0.00111. The van der Waals surface area contributed by atoms with Crippen molar-refractivity contribution in [2.75, 3.05) is 5.32 Å². The van der Waals surface area contributed by atoms with Gasteiger partial charge >= 0.3 is 0 Å². The molecule has 1 heterocycles. The lowest BCUT2D eigenvalue weighted by molar-refractivity contribution is -0.120. The van der Waals surface area contributed by atoms with Gasteiger partial charge in [-0.2, -0.15) is 0 Å². The van der Waals surface area contributed by atoms with Gasteiger partial charge in [0.1, 0.15) is 0 Å². The summed E-state index contributed by atoms with van der Waals surface area (Å²) in [6.45, 7) is 4.00. The molecule has 0 aliphatic heterocycles. The summed E-state index contributed by atoms with van der Waals surface area (Å²) in [5.41, 5.74) is 0. The van der Waals surface area contributed by atoms with Gasteiger partial charge in [-0.15, -0.1) is 0 Å². The summed E-state index contributed by atoms with van der Waals surface area (Å²) in [5, 5.41) is 2.68. The van der Waals surface area contributed by atoms with Crippen LogP contribution in [0.4, 0.5) is 5.95 Å². The Balaban J connectivity index is 2.57. The van der Waals surface area contributed by atoms with Gasteiger partial charge in [-0.3, -0.25) is 10.1 Å². The molecule has 0 aliphatic carbocycles. The Morgan fingerprint density at radius 2 is 1.93 bits per heavy atom. The number of hydrogen-bond acceptors (Lipinski definition) is 3. The molecule has 0 aromatic carbocycles. The smallest absolute Gasteiger partial charge is 0.229 e. The molecule has 0 spiro atoms. The molecule has 4 heteroatoms. The van der Waals surface area contributed by atoms with Gasteiger partial charge < -0.3 is 0 Å². The average Bonchev–Trinajstić information content (AvgIpc) is 2.21. The number of rotatable bonds is 4. The highest BCUT2D eigenvalue weighted by Gasteiger charge is 2.14. The van der Waals surface area contributed by atoms with Crippen LogP contribution in [0, 0.1) is 5.92 Å². The van der Waals surface area contributed by atoms with Crippen molar-refractivity contribution in [1.82, 2.24) is 9.97 Å². The van der Waals surface area contributed by atoms with E-state index in [-0.39, 0.29) is 11.8 Å². The molecule has 0 radical (unpaired) electrons. The van der Waals surface area contributed by atoms with Crippen molar-refractivity contribution in [1.29, 1.82) is 0 Å². The van der Waals surface area contributed by atoms with Crippen LogP contribution in [0.15, 0.2) is 18.5 Å². The summed E-state index contributed by atoms with van der Waals surface area (Å²) in [7, 11) is 0. The van der Waals surface area contributed by atoms with E-state index in [4.69, 9.17) is 0 Å². The van der Waals surface area contributed by atoms with Crippen LogP contribution in [-0.4, -0.2) is 15.9 Å². The second-order valence-electron chi connectivity index (χ2n) is 3.08. The van der Waals surface area contributed by atoms with Gasteiger partial charge in [0.05, 0.1) is 0 Å². The van der Waals surface area contributed by atoms with Crippen LogP contribution >= 0.6 is 0 Å². The third-order valence-electron chi connectivity index (χ3n) is 2.16. The van der Waals surface area contributed by atoms with Gasteiger partial charge in [0.25, 0.3) is 0 Å². The Kier molecular flexibility index (Phi) is 4.04. The number of anilines is 1. The van der Waals surface area contributed by atoms with Crippen LogP contribution < -0.4 is 5.32 Å². The fourth-order valence-electron chi connectivity index (χ4n) is 1.24. The first kappa shape index (κ1) is 10.6.